The smallest absolute Gasteiger partial charge is 0.482 e. The van der Waals surface area contributed by atoms with Crippen LogP contribution in [0.1, 0.15) is 31.2 Å². The van der Waals surface area contributed by atoms with Gasteiger partial charge in [-0.3, -0.25) is 4.31 Å². The Bertz CT molecular complexity index is 1410. The number of hydrogen-bond donors (Lipinski definition) is 0. The van der Waals surface area contributed by atoms with Gasteiger partial charge in [0, 0.05) is 26.0 Å². The number of hydrogen-bond acceptors (Lipinski definition) is 8. The first-order valence-corrected chi connectivity index (χ1v) is 15.2. The molecular weight excluding hydrogens is 563 g/mol. The number of halogens is 3. The lowest BCUT2D eigenvalue weighted by atomic mass is 9.79. The van der Waals surface area contributed by atoms with Gasteiger partial charge in [0.1, 0.15) is 11.4 Å². The second kappa shape index (κ2) is 10.6. The van der Waals surface area contributed by atoms with E-state index in [-0.39, 0.29) is 9.99 Å². The topological polar surface area (TPSA) is 108 Å². The molecule has 1 aliphatic carbocycles. The number of nitrogens with zero attached hydrogens (tertiary/aromatic N) is 1. The normalized spacial score (nSPS) is 19.8. The maximum absolute atomic E-state index is 12.1. The third-order valence-electron chi connectivity index (χ3n) is 6.55. The zero-order chi connectivity index (χ0) is 28.5. The lowest BCUT2D eigenvalue weighted by Crippen LogP contribution is -2.47. The van der Waals surface area contributed by atoms with Crippen LogP contribution in [0.5, 0.6) is 5.75 Å². The van der Waals surface area contributed by atoms with E-state index in [4.69, 9.17) is 18.4 Å². The highest BCUT2D eigenvalue weighted by Crippen LogP contribution is 2.47. The Balaban J connectivity index is 0.000000204. The highest BCUT2D eigenvalue weighted by Gasteiger charge is 2.50. The predicted molar refractivity (Wildman–Crippen MR) is 137 cm³/mol. The molecule has 214 valence electrons. The molecule has 0 unspecified atom stereocenters. The standard InChI is InChI=1S/C17H20O6S.C8H8F3NO2S/c1-24(18,19)23-15-12-16(22-14-5-3-2-4-13(14)15)6-8-17(9-7-16)20-10-11-21-17;1-12(7-5-3-2-4-6-7)15(13,14)8(9,10)11/h2-5,12H,6-11H2,1H3;2-6H,1H3. The van der Waals surface area contributed by atoms with Gasteiger partial charge in [0.05, 0.1) is 30.7 Å². The van der Waals surface area contributed by atoms with Crippen LogP contribution in [-0.4, -0.2) is 60.2 Å². The Hall–Kier alpha value is -2.81. The number of rotatable bonds is 4. The SMILES string of the molecule is CN(c1ccccc1)S(=O)(=O)C(F)(F)F.CS(=O)(=O)OC1=CC2(CCC3(CC2)OCCO3)Oc2ccccc21. The molecule has 0 amide bonds. The van der Waals surface area contributed by atoms with Crippen molar-refractivity contribution in [3.8, 4) is 5.75 Å². The number of para-hydroxylation sites is 2. The van der Waals surface area contributed by atoms with Crippen LogP contribution in [0.4, 0.5) is 18.9 Å². The van der Waals surface area contributed by atoms with Crippen LogP contribution in [-0.2, 0) is 33.8 Å². The molecule has 2 aromatic carbocycles. The molecule has 2 aliphatic heterocycles. The van der Waals surface area contributed by atoms with Gasteiger partial charge in [0.25, 0.3) is 0 Å². The molecule has 0 aromatic heterocycles. The zero-order valence-corrected chi connectivity index (χ0v) is 22.8. The van der Waals surface area contributed by atoms with Crippen molar-refractivity contribution < 1.29 is 48.4 Å². The number of anilines is 1. The number of fused-ring (bicyclic) bond motifs is 1. The average molecular weight is 592 g/mol. The number of alkyl halides is 3. The number of ether oxygens (including phenoxy) is 3. The molecule has 0 N–H and O–H groups in total. The van der Waals surface area contributed by atoms with Gasteiger partial charge >= 0.3 is 25.6 Å². The fourth-order valence-corrected chi connectivity index (χ4v) is 5.75. The van der Waals surface area contributed by atoms with Gasteiger partial charge in [-0.25, -0.2) is 0 Å². The van der Waals surface area contributed by atoms with Crippen molar-refractivity contribution in [1.82, 2.24) is 0 Å². The van der Waals surface area contributed by atoms with E-state index in [0.29, 0.717) is 56.0 Å². The van der Waals surface area contributed by atoms with E-state index >= 15 is 0 Å². The molecule has 2 fully saturated rings. The van der Waals surface area contributed by atoms with Gasteiger partial charge in [-0.15, -0.1) is 0 Å². The van der Waals surface area contributed by atoms with Crippen molar-refractivity contribution in [2.75, 3.05) is 30.8 Å². The third kappa shape index (κ3) is 6.51. The van der Waals surface area contributed by atoms with E-state index in [9.17, 15) is 30.0 Å². The molecule has 2 heterocycles. The summed E-state index contributed by atoms with van der Waals surface area (Å²) in [6.07, 6.45) is 5.62. The average Bonchev–Trinajstić information content (AvgIpc) is 3.33. The summed E-state index contributed by atoms with van der Waals surface area (Å²) in [5.41, 5.74) is -5.25. The van der Waals surface area contributed by atoms with Gasteiger partial charge in [0.15, 0.2) is 11.5 Å². The van der Waals surface area contributed by atoms with Crippen LogP contribution >= 0.6 is 0 Å². The van der Waals surface area contributed by atoms with Crippen LogP contribution in [0, 0.1) is 0 Å². The molecule has 2 aromatic rings. The molecule has 5 rings (SSSR count). The fourth-order valence-electron chi connectivity index (χ4n) is 4.57. The van der Waals surface area contributed by atoms with E-state index in [1.165, 1.54) is 24.3 Å². The molecule has 14 heteroatoms. The molecule has 0 atom stereocenters. The lowest BCUT2D eigenvalue weighted by molar-refractivity contribution is -0.193. The molecule has 1 saturated carbocycles. The van der Waals surface area contributed by atoms with Crippen LogP contribution in [0.3, 0.4) is 0 Å². The first-order chi connectivity index (χ1) is 18.2. The molecule has 3 aliphatic rings. The monoisotopic (exact) mass is 591 g/mol. The lowest BCUT2D eigenvalue weighted by Gasteiger charge is -2.44. The fraction of sp³-hybridized carbons (Fsp3) is 0.440. The molecule has 39 heavy (non-hydrogen) atoms. The molecule has 9 nitrogen and oxygen atoms in total. The summed E-state index contributed by atoms with van der Waals surface area (Å²) >= 11 is 0. The summed E-state index contributed by atoms with van der Waals surface area (Å²) < 4.78 is 105. The minimum atomic E-state index is -5.30. The first-order valence-electron chi connectivity index (χ1n) is 11.9. The highest BCUT2D eigenvalue weighted by atomic mass is 32.2. The quantitative estimate of drug-likeness (QED) is 0.481. The van der Waals surface area contributed by atoms with Gasteiger partial charge in [-0.05, 0) is 37.1 Å². The van der Waals surface area contributed by atoms with Crippen molar-refractivity contribution in [3.63, 3.8) is 0 Å². The van der Waals surface area contributed by atoms with Gasteiger partial charge in [-0.1, -0.05) is 30.3 Å². The molecule has 1 saturated heterocycles. The van der Waals surface area contributed by atoms with Crippen LogP contribution in [0.25, 0.3) is 5.76 Å². The highest BCUT2D eigenvalue weighted by molar-refractivity contribution is 7.93. The van der Waals surface area contributed by atoms with Crippen molar-refractivity contribution in [1.29, 1.82) is 0 Å². The zero-order valence-electron chi connectivity index (χ0n) is 21.2. The van der Waals surface area contributed by atoms with Gasteiger partial charge < -0.3 is 18.4 Å². The number of sulfonamides is 1. The van der Waals surface area contributed by atoms with Gasteiger partial charge in [0.2, 0.25) is 0 Å². The maximum atomic E-state index is 12.1. The Kier molecular flexibility index (Phi) is 7.96. The van der Waals surface area contributed by atoms with Crippen LogP contribution < -0.4 is 9.04 Å². The molecule has 2 spiro atoms. The summed E-state index contributed by atoms with van der Waals surface area (Å²) in [7, 11) is -8.05. The van der Waals surface area contributed by atoms with Crippen molar-refractivity contribution in [3.05, 3.63) is 66.2 Å². The Morgan fingerprint density at radius 2 is 1.44 bits per heavy atom. The van der Waals surface area contributed by atoms with E-state index in [1.807, 2.05) is 18.2 Å². The van der Waals surface area contributed by atoms with Crippen LogP contribution in [0.2, 0.25) is 0 Å². The van der Waals surface area contributed by atoms with Crippen molar-refractivity contribution in [2.24, 2.45) is 0 Å². The summed E-state index contributed by atoms with van der Waals surface area (Å²) in [5, 5.41) is 0. The summed E-state index contributed by atoms with van der Waals surface area (Å²) in [5.74, 6) is 0.475. The van der Waals surface area contributed by atoms with E-state index in [1.54, 1.807) is 18.2 Å². The number of benzene rings is 2. The second-order valence-corrected chi connectivity index (χ2v) is 12.9. The second-order valence-electron chi connectivity index (χ2n) is 9.32. The predicted octanol–water partition coefficient (Wildman–Crippen LogP) is 4.42. The summed E-state index contributed by atoms with van der Waals surface area (Å²) in [6, 6.07) is 14.4. The molecule has 0 bridgehead atoms. The maximum Gasteiger partial charge on any atom is 0.516 e. The Morgan fingerprint density at radius 1 is 0.872 bits per heavy atom. The van der Waals surface area contributed by atoms with Crippen LogP contribution in [0.15, 0.2) is 60.7 Å². The largest absolute Gasteiger partial charge is 0.516 e. The summed E-state index contributed by atoms with van der Waals surface area (Å²) in [6.45, 7) is 1.24. The minimum Gasteiger partial charge on any atom is -0.482 e. The van der Waals surface area contributed by atoms with Crippen molar-refractivity contribution >= 4 is 31.6 Å². The molecular formula is C25H28F3NO8S2. The van der Waals surface area contributed by atoms with E-state index < -0.39 is 37.0 Å². The minimum absolute atomic E-state index is 0.0326. The Morgan fingerprint density at radius 3 is 2.00 bits per heavy atom. The van der Waals surface area contributed by atoms with Gasteiger partial charge in [-0.2, -0.15) is 30.0 Å². The van der Waals surface area contributed by atoms with E-state index in [0.717, 1.165) is 13.3 Å². The summed E-state index contributed by atoms with van der Waals surface area (Å²) in [4.78, 5) is 0. The first kappa shape index (κ1) is 29.2. The Labute approximate surface area is 225 Å². The van der Waals surface area contributed by atoms with Crippen molar-refractivity contribution in [2.45, 2.75) is 42.6 Å². The molecule has 0 radical (unpaired) electrons. The third-order valence-corrected chi connectivity index (χ3v) is 8.54. The van der Waals surface area contributed by atoms with E-state index in [2.05, 4.69) is 0 Å².